The third-order valence-corrected chi connectivity index (χ3v) is 1.62. The van der Waals surface area contributed by atoms with Crippen LogP contribution < -0.4 is 4.74 Å². The molecule has 0 unspecified atom stereocenters. The summed E-state index contributed by atoms with van der Waals surface area (Å²) in [7, 11) is 1.19. The topological polar surface area (TPSA) is 26.3 Å². The van der Waals surface area contributed by atoms with Crippen molar-refractivity contribution in [2.45, 2.75) is 0 Å². The fraction of sp³-hybridized carbons (Fsp3) is 0.125. The van der Waals surface area contributed by atoms with E-state index >= 15 is 0 Å². The fourth-order valence-corrected chi connectivity index (χ4v) is 1.09. The largest absolute Gasteiger partial charge is 0.496 e. The number of rotatable bonds is 2. The van der Waals surface area contributed by atoms with E-state index in [2.05, 4.69) is 4.74 Å². The van der Waals surface area contributed by atoms with Gasteiger partial charge in [-0.3, -0.25) is 4.79 Å². The van der Waals surface area contributed by atoms with Crippen molar-refractivity contribution in [2.75, 3.05) is 7.11 Å². The summed E-state index contributed by atoms with van der Waals surface area (Å²) in [4.78, 5) is 10.7. The van der Waals surface area contributed by atoms with Gasteiger partial charge >= 0.3 is 0 Å². The van der Waals surface area contributed by atoms with E-state index in [1.165, 1.54) is 7.11 Å². The van der Waals surface area contributed by atoms with Gasteiger partial charge in [0.25, 0.3) is 5.24 Å². The predicted octanol–water partition coefficient (Wildman–Crippen LogP) is 2.35. The van der Waals surface area contributed by atoms with Crippen molar-refractivity contribution in [2.24, 2.45) is 0 Å². The molecule has 0 aromatic heterocycles. The number of hydrogen-bond donors (Lipinski definition) is 0. The summed E-state index contributed by atoms with van der Waals surface area (Å²) in [5.41, 5.74) is -0.453. The van der Waals surface area contributed by atoms with Crippen LogP contribution >= 0.6 is 11.6 Å². The lowest BCUT2D eigenvalue weighted by Crippen LogP contribution is -2.00. The normalized spacial score (nSPS) is 9.85. The summed E-state index contributed by atoms with van der Waals surface area (Å²) < 4.78 is 30.1. The van der Waals surface area contributed by atoms with Crippen LogP contribution in [-0.2, 0) is 0 Å². The van der Waals surface area contributed by atoms with Crippen molar-refractivity contribution in [1.29, 1.82) is 0 Å². The van der Waals surface area contributed by atoms with E-state index in [9.17, 15) is 13.6 Å². The molecule has 1 rings (SSSR count). The first kappa shape index (κ1) is 9.92. The fourth-order valence-electron chi connectivity index (χ4n) is 0.902. The summed E-state index contributed by atoms with van der Waals surface area (Å²) in [6.45, 7) is 0. The van der Waals surface area contributed by atoms with Gasteiger partial charge in [0.15, 0.2) is 0 Å². The van der Waals surface area contributed by atoms with Crippen molar-refractivity contribution in [3.05, 3.63) is 29.3 Å². The number of methoxy groups -OCH3 is 1. The van der Waals surface area contributed by atoms with Crippen LogP contribution in [0.2, 0.25) is 0 Å². The van der Waals surface area contributed by atoms with Crippen molar-refractivity contribution in [1.82, 2.24) is 0 Å². The van der Waals surface area contributed by atoms with E-state index in [-0.39, 0.29) is 5.75 Å². The molecule has 0 amide bonds. The zero-order chi connectivity index (χ0) is 10.0. The van der Waals surface area contributed by atoms with E-state index in [4.69, 9.17) is 11.6 Å². The van der Waals surface area contributed by atoms with E-state index < -0.39 is 22.4 Å². The van der Waals surface area contributed by atoms with Gasteiger partial charge in [-0.2, -0.15) is 0 Å². The maximum Gasteiger partial charge on any atom is 0.259 e. The average molecular weight is 207 g/mol. The van der Waals surface area contributed by atoms with Crippen LogP contribution in [0.25, 0.3) is 0 Å². The Labute approximate surface area is 78.1 Å². The number of carbonyl (C=O) groups excluding carboxylic acids is 1. The minimum Gasteiger partial charge on any atom is -0.496 e. The number of halogens is 3. The molecule has 0 aliphatic carbocycles. The standard InChI is InChI=1S/C8H5ClF2O2/c1-13-6-3-4(10)2-5(11)7(6)8(9)12/h2-3H,1H3. The maximum atomic E-state index is 12.9. The third kappa shape index (κ3) is 1.95. The Balaban J connectivity index is 3.38. The van der Waals surface area contributed by atoms with Crippen LogP contribution in [0.1, 0.15) is 10.4 Å². The number of hydrogen-bond acceptors (Lipinski definition) is 2. The van der Waals surface area contributed by atoms with Crippen LogP contribution in [0.15, 0.2) is 12.1 Å². The smallest absolute Gasteiger partial charge is 0.259 e. The van der Waals surface area contributed by atoms with Gasteiger partial charge in [0.1, 0.15) is 22.9 Å². The van der Waals surface area contributed by atoms with Crippen molar-refractivity contribution in [3.63, 3.8) is 0 Å². The Hall–Kier alpha value is -1.16. The van der Waals surface area contributed by atoms with Gasteiger partial charge in [-0.05, 0) is 11.6 Å². The summed E-state index contributed by atoms with van der Waals surface area (Å²) in [6, 6.07) is 1.46. The molecule has 0 aliphatic heterocycles. The molecule has 5 heteroatoms. The molecule has 0 spiro atoms. The maximum absolute atomic E-state index is 12.9. The third-order valence-electron chi connectivity index (χ3n) is 1.44. The summed E-state index contributed by atoms with van der Waals surface area (Å²) in [5.74, 6) is -2.06. The predicted molar refractivity (Wildman–Crippen MR) is 43.1 cm³/mol. The highest BCUT2D eigenvalue weighted by atomic mass is 35.5. The molecule has 0 heterocycles. The van der Waals surface area contributed by atoms with Crippen molar-refractivity contribution >= 4 is 16.8 Å². The Morgan fingerprint density at radius 2 is 2.08 bits per heavy atom. The van der Waals surface area contributed by atoms with Gasteiger partial charge in [0.2, 0.25) is 0 Å². The van der Waals surface area contributed by atoms with Gasteiger partial charge in [0.05, 0.1) is 7.11 Å². The summed E-state index contributed by atoms with van der Waals surface area (Å²) in [5, 5.41) is -1.02. The summed E-state index contributed by atoms with van der Waals surface area (Å²) >= 11 is 5.06. The van der Waals surface area contributed by atoms with Gasteiger partial charge in [-0.25, -0.2) is 8.78 Å². The van der Waals surface area contributed by atoms with Crippen LogP contribution in [0.4, 0.5) is 8.78 Å². The highest BCUT2D eigenvalue weighted by molar-refractivity contribution is 6.68. The first-order chi connectivity index (χ1) is 6.06. The quantitative estimate of drug-likeness (QED) is 0.695. The highest BCUT2D eigenvalue weighted by Crippen LogP contribution is 2.24. The number of benzene rings is 1. The Kier molecular flexibility index (Phi) is 2.83. The van der Waals surface area contributed by atoms with Gasteiger partial charge in [-0.15, -0.1) is 0 Å². The second-order valence-electron chi connectivity index (χ2n) is 2.24. The zero-order valence-electron chi connectivity index (χ0n) is 6.61. The van der Waals surface area contributed by atoms with E-state index in [1.54, 1.807) is 0 Å². The second-order valence-corrected chi connectivity index (χ2v) is 2.58. The van der Waals surface area contributed by atoms with Crippen LogP contribution in [0.3, 0.4) is 0 Å². The van der Waals surface area contributed by atoms with Crippen LogP contribution in [0.5, 0.6) is 5.75 Å². The van der Waals surface area contributed by atoms with Crippen LogP contribution in [-0.4, -0.2) is 12.4 Å². The molecule has 1 aromatic carbocycles. The molecule has 0 saturated heterocycles. The minimum atomic E-state index is -1.03. The lowest BCUT2D eigenvalue weighted by molar-refractivity contribution is 0.107. The monoisotopic (exact) mass is 206 g/mol. The lowest BCUT2D eigenvalue weighted by atomic mass is 10.2. The van der Waals surface area contributed by atoms with Gasteiger partial charge in [0, 0.05) is 12.1 Å². The molecule has 0 radical (unpaired) electrons. The molecule has 0 fully saturated rings. The number of ether oxygens (including phenoxy) is 1. The minimum absolute atomic E-state index is 0.211. The lowest BCUT2D eigenvalue weighted by Gasteiger charge is -2.05. The molecule has 0 aliphatic rings. The summed E-state index contributed by atoms with van der Waals surface area (Å²) in [6.07, 6.45) is 0. The van der Waals surface area contributed by atoms with Crippen molar-refractivity contribution in [3.8, 4) is 5.75 Å². The van der Waals surface area contributed by atoms with Crippen molar-refractivity contribution < 1.29 is 18.3 Å². The first-order valence-corrected chi connectivity index (χ1v) is 3.67. The first-order valence-electron chi connectivity index (χ1n) is 3.29. The van der Waals surface area contributed by atoms with Gasteiger partial charge in [-0.1, -0.05) is 0 Å². The molecule has 0 saturated carbocycles. The molecule has 0 atom stereocenters. The van der Waals surface area contributed by atoms with E-state index in [1.807, 2.05) is 0 Å². The highest BCUT2D eigenvalue weighted by Gasteiger charge is 2.17. The molecule has 2 nitrogen and oxygen atoms in total. The molecule has 70 valence electrons. The Morgan fingerprint density at radius 1 is 1.46 bits per heavy atom. The molecule has 13 heavy (non-hydrogen) atoms. The number of carbonyl (C=O) groups is 1. The Morgan fingerprint density at radius 3 is 2.54 bits per heavy atom. The average Bonchev–Trinajstić information content (AvgIpc) is 2.01. The molecule has 1 aromatic rings. The molecule has 0 bridgehead atoms. The second kappa shape index (κ2) is 3.70. The zero-order valence-corrected chi connectivity index (χ0v) is 7.36. The van der Waals surface area contributed by atoms with E-state index in [0.717, 1.165) is 6.07 Å². The molecular formula is C8H5ClF2O2. The van der Waals surface area contributed by atoms with Crippen LogP contribution in [0, 0.1) is 11.6 Å². The molecule has 0 N–H and O–H groups in total. The van der Waals surface area contributed by atoms with Gasteiger partial charge < -0.3 is 4.74 Å². The SMILES string of the molecule is COc1cc(F)cc(F)c1C(=O)Cl. The Bertz CT molecular complexity index is 352. The van der Waals surface area contributed by atoms with E-state index in [0.29, 0.717) is 6.07 Å². The molecular weight excluding hydrogens is 202 g/mol.